The normalized spacial score (nSPS) is 12.7. The van der Waals surface area contributed by atoms with Crippen LogP contribution in [0.1, 0.15) is 84.0 Å². The Bertz CT molecular complexity index is 251. The van der Waals surface area contributed by atoms with E-state index in [9.17, 15) is 4.79 Å². The number of aliphatic hydroxyl groups excluding tert-OH is 2. The lowest BCUT2D eigenvalue weighted by atomic mass is 9.88. The van der Waals surface area contributed by atoms with Gasteiger partial charge in [0.05, 0.1) is 5.92 Å². The van der Waals surface area contributed by atoms with Crippen molar-refractivity contribution in [2.75, 3.05) is 13.2 Å². The molecule has 1 unspecified atom stereocenters. The zero-order valence-electron chi connectivity index (χ0n) is 14.3. The Labute approximate surface area is 135 Å². The van der Waals surface area contributed by atoms with E-state index in [0.717, 1.165) is 19.3 Å². The molecule has 0 aromatic heterocycles. The fraction of sp³-hybridized carbons (Fsp3) is 0.944. The van der Waals surface area contributed by atoms with Gasteiger partial charge >= 0.3 is 5.97 Å². The highest BCUT2D eigenvalue weighted by atomic mass is 16.4. The molecule has 22 heavy (non-hydrogen) atoms. The quantitative estimate of drug-likeness (QED) is 0.376. The standard InChI is InChI=1S/C18H36O4/c1-2-3-4-5-6-7-8-9-10-11-12-13-17(18(21)22)16(14-19)15-20/h16-17,19-20H,2-15H2,1H3,(H,21,22). The van der Waals surface area contributed by atoms with Crippen LogP contribution in [0.4, 0.5) is 0 Å². The summed E-state index contributed by atoms with van der Waals surface area (Å²) in [6.07, 6.45) is 14.2. The summed E-state index contributed by atoms with van der Waals surface area (Å²) < 4.78 is 0. The zero-order valence-corrected chi connectivity index (χ0v) is 14.3. The fourth-order valence-electron chi connectivity index (χ4n) is 2.90. The van der Waals surface area contributed by atoms with Crippen LogP contribution in [0.25, 0.3) is 0 Å². The second kappa shape index (κ2) is 15.3. The van der Waals surface area contributed by atoms with Crippen LogP contribution in [-0.4, -0.2) is 34.5 Å². The van der Waals surface area contributed by atoms with E-state index in [2.05, 4.69) is 6.92 Å². The summed E-state index contributed by atoms with van der Waals surface area (Å²) in [6.45, 7) is 1.72. The minimum absolute atomic E-state index is 0.258. The number of carbonyl (C=O) groups is 1. The molecule has 0 heterocycles. The Morgan fingerprint density at radius 2 is 1.18 bits per heavy atom. The maximum Gasteiger partial charge on any atom is 0.306 e. The molecule has 0 aromatic rings. The molecule has 132 valence electrons. The van der Waals surface area contributed by atoms with Gasteiger partial charge in [0.15, 0.2) is 0 Å². The number of rotatable bonds is 16. The molecule has 0 amide bonds. The highest BCUT2D eigenvalue weighted by Crippen LogP contribution is 2.20. The summed E-state index contributed by atoms with van der Waals surface area (Å²) in [7, 11) is 0. The lowest BCUT2D eigenvalue weighted by Gasteiger charge is -2.19. The Kier molecular flexibility index (Phi) is 14.9. The van der Waals surface area contributed by atoms with Gasteiger partial charge < -0.3 is 15.3 Å². The predicted octanol–water partition coefficient (Wildman–Crippen LogP) is 3.99. The van der Waals surface area contributed by atoms with Gasteiger partial charge in [-0.1, -0.05) is 77.6 Å². The third kappa shape index (κ3) is 11.0. The van der Waals surface area contributed by atoms with E-state index >= 15 is 0 Å². The predicted molar refractivity (Wildman–Crippen MR) is 89.9 cm³/mol. The highest BCUT2D eigenvalue weighted by Gasteiger charge is 2.26. The van der Waals surface area contributed by atoms with Gasteiger partial charge in [-0.3, -0.25) is 4.79 Å². The zero-order chi connectivity index (χ0) is 16.6. The topological polar surface area (TPSA) is 77.8 Å². The van der Waals surface area contributed by atoms with Crippen LogP contribution in [0.15, 0.2) is 0 Å². The maximum absolute atomic E-state index is 11.1. The number of unbranched alkanes of at least 4 members (excludes halogenated alkanes) is 10. The summed E-state index contributed by atoms with van der Waals surface area (Å²) in [5.41, 5.74) is 0. The lowest BCUT2D eigenvalue weighted by Crippen LogP contribution is -2.29. The molecule has 4 heteroatoms. The van der Waals surface area contributed by atoms with Gasteiger partial charge in [0.1, 0.15) is 0 Å². The largest absolute Gasteiger partial charge is 0.481 e. The van der Waals surface area contributed by atoms with Gasteiger partial charge in [-0.2, -0.15) is 0 Å². The molecule has 0 aliphatic heterocycles. The smallest absolute Gasteiger partial charge is 0.306 e. The van der Waals surface area contributed by atoms with Gasteiger partial charge in [-0.25, -0.2) is 0 Å². The Morgan fingerprint density at radius 3 is 1.55 bits per heavy atom. The SMILES string of the molecule is CCCCCCCCCCCCCC(C(=O)O)C(CO)CO. The monoisotopic (exact) mass is 316 g/mol. The van der Waals surface area contributed by atoms with Crippen LogP contribution in [-0.2, 0) is 4.79 Å². The first kappa shape index (κ1) is 21.4. The van der Waals surface area contributed by atoms with Gasteiger partial charge in [0, 0.05) is 19.1 Å². The molecule has 0 aliphatic carbocycles. The molecule has 3 N–H and O–H groups in total. The van der Waals surface area contributed by atoms with Crippen molar-refractivity contribution in [2.45, 2.75) is 84.0 Å². The van der Waals surface area contributed by atoms with Crippen molar-refractivity contribution in [3.63, 3.8) is 0 Å². The molecular weight excluding hydrogens is 280 g/mol. The van der Waals surface area contributed by atoms with E-state index in [0.29, 0.717) is 6.42 Å². The van der Waals surface area contributed by atoms with Crippen molar-refractivity contribution in [1.29, 1.82) is 0 Å². The average molecular weight is 316 g/mol. The van der Waals surface area contributed by atoms with Crippen LogP contribution in [0.5, 0.6) is 0 Å². The first-order chi connectivity index (χ1) is 10.7. The number of carboxylic acids is 1. The fourth-order valence-corrected chi connectivity index (χ4v) is 2.90. The molecule has 1 atom stereocenters. The third-order valence-electron chi connectivity index (χ3n) is 4.47. The van der Waals surface area contributed by atoms with Crippen molar-refractivity contribution >= 4 is 5.97 Å². The maximum atomic E-state index is 11.1. The van der Waals surface area contributed by atoms with Crippen molar-refractivity contribution < 1.29 is 20.1 Å². The number of aliphatic hydroxyl groups is 2. The molecule has 0 spiro atoms. The van der Waals surface area contributed by atoms with Crippen molar-refractivity contribution in [3.8, 4) is 0 Å². The van der Waals surface area contributed by atoms with E-state index in [1.54, 1.807) is 0 Å². The van der Waals surface area contributed by atoms with Crippen molar-refractivity contribution in [3.05, 3.63) is 0 Å². The van der Waals surface area contributed by atoms with E-state index < -0.39 is 17.8 Å². The van der Waals surface area contributed by atoms with Crippen molar-refractivity contribution in [1.82, 2.24) is 0 Å². The van der Waals surface area contributed by atoms with Crippen LogP contribution < -0.4 is 0 Å². The molecular formula is C18H36O4. The number of hydrogen-bond donors (Lipinski definition) is 3. The molecule has 0 bridgehead atoms. The van der Waals surface area contributed by atoms with Crippen LogP contribution in [0.3, 0.4) is 0 Å². The minimum atomic E-state index is -0.903. The molecule has 0 rings (SSSR count). The summed E-state index contributed by atoms with van der Waals surface area (Å²) in [5.74, 6) is -2.05. The summed E-state index contributed by atoms with van der Waals surface area (Å²) in [6, 6.07) is 0. The average Bonchev–Trinajstić information content (AvgIpc) is 2.51. The first-order valence-electron chi connectivity index (χ1n) is 9.11. The highest BCUT2D eigenvalue weighted by molar-refractivity contribution is 5.70. The van der Waals surface area contributed by atoms with E-state index in [-0.39, 0.29) is 13.2 Å². The van der Waals surface area contributed by atoms with Crippen LogP contribution in [0.2, 0.25) is 0 Å². The third-order valence-corrected chi connectivity index (χ3v) is 4.47. The molecule has 0 aliphatic rings. The van der Waals surface area contributed by atoms with Gasteiger partial charge in [0.25, 0.3) is 0 Å². The summed E-state index contributed by atoms with van der Waals surface area (Å²) >= 11 is 0. The Hall–Kier alpha value is -0.610. The van der Waals surface area contributed by atoms with E-state index in [1.165, 1.54) is 51.4 Å². The summed E-state index contributed by atoms with van der Waals surface area (Å²) in [4.78, 5) is 11.1. The van der Waals surface area contributed by atoms with Crippen LogP contribution >= 0.6 is 0 Å². The minimum Gasteiger partial charge on any atom is -0.481 e. The van der Waals surface area contributed by atoms with Gasteiger partial charge in [0.2, 0.25) is 0 Å². The second-order valence-corrected chi connectivity index (χ2v) is 6.39. The Morgan fingerprint density at radius 1 is 0.773 bits per heavy atom. The van der Waals surface area contributed by atoms with Gasteiger partial charge in [-0.15, -0.1) is 0 Å². The molecule has 0 saturated heterocycles. The van der Waals surface area contributed by atoms with Crippen molar-refractivity contribution in [2.24, 2.45) is 11.8 Å². The van der Waals surface area contributed by atoms with Gasteiger partial charge in [-0.05, 0) is 6.42 Å². The number of hydrogen-bond acceptors (Lipinski definition) is 3. The lowest BCUT2D eigenvalue weighted by molar-refractivity contribution is -0.145. The molecule has 4 nitrogen and oxygen atoms in total. The number of carboxylic acid groups (broad SMARTS) is 1. The van der Waals surface area contributed by atoms with Crippen LogP contribution in [0, 0.1) is 11.8 Å². The van der Waals surface area contributed by atoms with E-state index in [1.807, 2.05) is 0 Å². The number of aliphatic carboxylic acids is 1. The molecule has 0 saturated carbocycles. The molecule has 0 radical (unpaired) electrons. The Balaban J connectivity index is 3.52. The van der Waals surface area contributed by atoms with E-state index in [4.69, 9.17) is 15.3 Å². The summed E-state index contributed by atoms with van der Waals surface area (Å²) in [5, 5.41) is 27.3. The first-order valence-corrected chi connectivity index (χ1v) is 9.11. The molecule has 0 fully saturated rings. The second-order valence-electron chi connectivity index (χ2n) is 6.39. The molecule has 0 aromatic carbocycles.